The topological polar surface area (TPSA) is 126 Å². The molecule has 0 aliphatic carbocycles. The fourth-order valence-corrected chi connectivity index (χ4v) is 0. The summed E-state index contributed by atoms with van der Waals surface area (Å²) in [5.41, 5.74) is 0. The van der Waals surface area contributed by atoms with Crippen molar-refractivity contribution < 1.29 is 21.9 Å². The van der Waals surface area contributed by atoms with E-state index in [0.717, 1.165) is 0 Å². The monoisotopic (exact) mass is 514 g/mol. The first-order valence-corrected chi connectivity index (χ1v) is 29.8. The van der Waals surface area contributed by atoms with Crippen molar-refractivity contribution in [1.29, 1.82) is 0 Å². The summed E-state index contributed by atoms with van der Waals surface area (Å²) in [6, 6.07) is 0. The van der Waals surface area contributed by atoms with Gasteiger partial charge in [0.15, 0.2) is 0 Å². The summed E-state index contributed by atoms with van der Waals surface area (Å²) in [4.78, 5) is 0. The number of hydrogen-bond donors (Lipinski definition) is 0. The maximum atomic E-state index is 3.33. The van der Waals surface area contributed by atoms with Gasteiger partial charge < -0.3 is 21.9 Å². The summed E-state index contributed by atoms with van der Waals surface area (Å²) in [7, 11) is 0. The van der Waals surface area contributed by atoms with Gasteiger partial charge in [-0.05, 0) is 0 Å². The van der Waals surface area contributed by atoms with E-state index in [9.17, 15) is 0 Å². The summed E-state index contributed by atoms with van der Waals surface area (Å²) in [5.74, 6) is 0. The van der Waals surface area contributed by atoms with Crippen molar-refractivity contribution in [3.63, 3.8) is 0 Å². The first kappa shape index (κ1) is 31.9. The molecule has 0 bridgehead atoms. The molecule has 0 aromatic rings. The van der Waals surface area contributed by atoms with Gasteiger partial charge in [0.1, 0.15) is 0 Å². The first-order chi connectivity index (χ1) is 1.73. The Morgan fingerprint density at radius 3 is 0.625 bits per heavy atom. The third-order valence-corrected chi connectivity index (χ3v) is 0. The second-order valence-corrected chi connectivity index (χ2v) is 58.6. The molecule has 0 saturated carbocycles. The Morgan fingerprint density at radius 2 is 0.625 bits per heavy atom. The van der Waals surface area contributed by atoms with Crippen molar-refractivity contribution in [3.05, 3.63) is 0 Å². The summed E-state index contributed by atoms with van der Waals surface area (Å²) in [6.07, 6.45) is 0. The summed E-state index contributed by atoms with van der Waals surface area (Å²) in [5, 5.41) is 0. The second kappa shape index (κ2) is 22.9. The van der Waals surface area contributed by atoms with E-state index in [1.54, 1.807) is 0 Å². The molecule has 0 aliphatic heterocycles. The quantitative estimate of drug-likeness (QED) is 0.361. The Balaban J connectivity index is -0.00000000750. The molecule has 0 radical (unpaired) electrons. The third-order valence-electron chi connectivity index (χ3n) is 0. The van der Waals surface area contributed by atoms with Gasteiger partial charge >= 0.3 is 51.4 Å². The van der Waals surface area contributed by atoms with Gasteiger partial charge in [-0.1, -0.05) is 0 Å². The standard InChI is InChI=1S/3BrH.4H2O.Tl/h3*1H;4*1H2;/q;;;;;;;+3/p-3. The molecule has 0 spiro atoms. The molecule has 0 fully saturated rings. The Labute approximate surface area is 72.3 Å². The number of halogens is 3. The van der Waals surface area contributed by atoms with Crippen molar-refractivity contribution in [1.82, 2.24) is 0 Å². The molecule has 8 heteroatoms. The molecule has 56 valence electrons. The van der Waals surface area contributed by atoms with Gasteiger partial charge in [-0.15, -0.1) is 0 Å². The van der Waals surface area contributed by atoms with E-state index in [1.165, 1.54) is 0 Å². The van der Waals surface area contributed by atoms with E-state index in [-0.39, 0.29) is 21.9 Å². The molecule has 8 N–H and O–H groups in total. The number of rotatable bonds is 0. The molecular weight excluding hydrogens is 508 g/mol. The summed E-state index contributed by atoms with van der Waals surface area (Å²) in [6.45, 7) is 0. The van der Waals surface area contributed by atoms with Crippen LogP contribution in [0.5, 0.6) is 0 Å². The summed E-state index contributed by atoms with van der Waals surface area (Å²) < 4.78 is 0. The molecule has 0 unspecified atom stereocenters. The zero-order chi connectivity index (χ0) is 3.58. The van der Waals surface area contributed by atoms with E-state index in [0.29, 0.717) is 0 Å². The van der Waals surface area contributed by atoms with Crippen LogP contribution in [-0.4, -0.2) is 37.4 Å². The molecule has 0 amide bonds. The summed E-state index contributed by atoms with van der Waals surface area (Å²) >= 11 is 8.69. The van der Waals surface area contributed by atoms with Crippen LogP contribution in [0.3, 0.4) is 0 Å². The first-order valence-electron chi connectivity index (χ1n) is 0.655. The van der Waals surface area contributed by atoms with Gasteiger partial charge in [0.2, 0.25) is 0 Å². The minimum atomic E-state index is -1.28. The van der Waals surface area contributed by atoms with E-state index in [1.807, 2.05) is 0 Å². The van der Waals surface area contributed by atoms with Crippen LogP contribution in [0.15, 0.2) is 0 Å². The Kier molecular flexibility index (Phi) is 91.3. The van der Waals surface area contributed by atoms with E-state index in [4.69, 9.17) is 0 Å². The molecule has 0 aromatic carbocycles. The van der Waals surface area contributed by atoms with Gasteiger partial charge in [0.05, 0.1) is 0 Å². The molecule has 0 aliphatic rings. The van der Waals surface area contributed by atoms with Crippen LogP contribution in [0.4, 0.5) is 0 Å². The van der Waals surface area contributed by atoms with Gasteiger partial charge in [-0.2, -0.15) is 0 Å². The fourth-order valence-electron chi connectivity index (χ4n) is 0. The van der Waals surface area contributed by atoms with E-state index < -0.39 is 15.5 Å². The van der Waals surface area contributed by atoms with Crippen molar-refractivity contribution >= 4 is 51.4 Å². The number of hydrogen-bond acceptors (Lipinski definition) is 0. The van der Waals surface area contributed by atoms with E-state index >= 15 is 0 Å². The molecule has 4 nitrogen and oxygen atoms in total. The molecule has 0 heterocycles. The van der Waals surface area contributed by atoms with Crippen molar-refractivity contribution in [2.75, 3.05) is 0 Å². The average Bonchev–Trinajstić information content (AvgIpc) is 0.811. The van der Waals surface area contributed by atoms with Gasteiger partial charge in [0, 0.05) is 0 Å². The van der Waals surface area contributed by atoms with Crippen LogP contribution < -0.4 is 0 Å². The SMILES string of the molecule is O.O.O.O.[Br][Tl]([Br])[Br]. The van der Waals surface area contributed by atoms with E-state index in [2.05, 4.69) is 36.0 Å². The van der Waals surface area contributed by atoms with Crippen molar-refractivity contribution in [2.45, 2.75) is 0 Å². The van der Waals surface area contributed by atoms with Crippen LogP contribution >= 0.6 is 36.0 Å². The van der Waals surface area contributed by atoms with Crippen LogP contribution in [0.2, 0.25) is 0 Å². The molecule has 0 saturated heterocycles. The van der Waals surface area contributed by atoms with Gasteiger partial charge in [-0.3, -0.25) is 0 Å². The molecule has 0 aromatic heterocycles. The van der Waals surface area contributed by atoms with Crippen LogP contribution in [0.25, 0.3) is 0 Å². The predicted molar refractivity (Wildman–Crippen MR) is 47.0 cm³/mol. The molecule has 8 heavy (non-hydrogen) atoms. The predicted octanol–water partition coefficient (Wildman–Crippen LogP) is -1.14. The minimum absolute atomic E-state index is 0. The second-order valence-electron chi connectivity index (χ2n) is 0.247. The third kappa shape index (κ3) is 87.7. The zero-order valence-corrected chi connectivity index (χ0v) is 13.0. The Hall–Kier alpha value is 2.20. The van der Waals surface area contributed by atoms with Crippen molar-refractivity contribution in [2.24, 2.45) is 0 Å². The Bertz CT molecular complexity index is 16.0. The van der Waals surface area contributed by atoms with Crippen LogP contribution in [0.1, 0.15) is 0 Å². The van der Waals surface area contributed by atoms with Crippen LogP contribution in [-0.2, 0) is 0 Å². The normalized spacial score (nSPS) is 3.38. The molecule has 0 rings (SSSR count). The van der Waals surface area contributed by atoms with Gasteiger partial charge in [0.25, 0.3) is 0 Å². The average molecular weight is 516 g/mol. The molecule has 0 atom stereocenters. The maximum absolute atomic E-state index is 3.33. The zero-order valence-electron chi connectivity index (χ0n) is 3.71. The Morgan fingerprint density at radius 1 is 0.625 bits per heavy atom. The molecular formula is H8Br3O4Tl. The van der Waals surface area contributed by atoms with Gasteiger partial charge in [-0.25, -0.2) is 0 Å². The van der Waals surface area contributed by atoms with Crippen molar-refractivity contribution in [3.8, 4) is 0 Å². The van der Waals surface area contributed by atoms with Crippen LogP contribution in [0, 0.1) is 0 Å². The fraction of sp³-hybridized carbons (Fsp3) is 0.